The molecule has 0 aliphatic rings. The lowest BCUT2D eigenvalue weighted by molar-refractivity contribution is -0.116. The van der Waals surface area contributed by atoms with E-state index in [0.29, 0.717) is 5.82 Å². The fraction of sp³-hybridized carbons (Fsp3) is 0.188. The van der Waals surface area contributed by atoms with E-state index < -0.39 is 0 Å². The third-order valence-corrected chi connectivity index (χ3v) is 3.32. The zero-order valence-corrected chi connectivity index (χ0v) is 12.5. The van der Waals surface area contributed by atoms with Gasteiger partial charge in [0.25, 0.3) is 0 Å². The third kappa shape index (κ3) is 3.06. The molecule has 0 saturated carbocycles. The highest BCUT2D eigenvalue weighted by atomic mass is 16.2. The van der Waals surface area contributed by atoms with Gasteiger partial charge >= 0.3 is 0 Å². The maximum atomic E-state index is 12.1. The van der Waals surface area contributed by atoms with Gasteiger partial charge in [0.05, 0.1) is 11.9 Å². The summed E-state index contributed by atoms with van der Waals surface area (Å²) in [6.45, 7) is 2.05. The van der Waals surface area contributed by atoms with Crippen LogP contribution in [-0.2, 0) is 18.4 Å². The number of carbonyl (C=O) groups is 1. The normalized spacial score (nSPS) is 10.6. The van der Waals surface area contributed by atoms with E-state index in [-0.39, 0.29) is 12.5 Å². The standard InChI is InChI=1S/C16H17N5O/c1-12-8-15(20(2)19-12)18-16(22)11-21-10-14(9-17-21)13-6-4-3-5-7-13/h3-10H,11H2,1-2H3,(H,18,22). The van der Waals surface area contributed by atoms with Gasteiger partial charge in [-0.05, 0) is 12.5 Å². The fourth-order valence-corrected chi connectivity index (χ4v) is 2.29. The molecule has 0 radical (unpaired) electrons. The quantitative estimate of drug-likeness (QED) is 0.802. The van der Waals surface area contributed by atoms with Gasteiger partial charge in [0.2, 0.25) is 5.91 Å². The van der Waals surface area contributed by atoms with E-state index in [2.05, 4.69) is 15.5 Å². The first-order chi connectivity index (χ1) is 10.6. The third-order valence-electron chi connectivity index (χ3n) is 3.32. The number of carbonyl (C=O) groups excluding carboxylic acids is 1. The van der Waals surface area contributed by atoms with Crippen LogP contribution in [0.2, 0.25) is 0 Å². The molecular weight excluding hydrogens is 278 g/mol. The highest BCUT2D eigenvalue weighted by Crippen LogP contribution is 2.17. The smallest absolute Gasteiger partial charge is 0.247 e. The van der Waals surface area contributed by atoms with E-state index in [0.717, 1.165) is 16.8 Å². The van der Waals surface area contributed by atoms with Gasteiger partial charge in [-0.3, -0.25) is 14.2 Å². The number of aromatic nitrogens is 4. The van der Waals surface area contributed by atoms with Gasteiger partial charge in [-0.2, -0.15) is 10.2 Å². The van der Waals surface area contributed by atoms with Crippen LogP contribution in [0.25, 0.3) is 11.1 Å². The first-order valence-electron chi connectivity index (χ1n) is 7.00. The molecule has 0 bridgehead atoms. The summed E-state index contributed by atoms with van der Waals surface area (Å²) in [7, 11) is 1.80. The van der Waals surface area contributed by atoms with Crippen LogP contribution >= 0.6 is 0 Å². The Morgan fingerprint density at radius 1 is 1.23 bits per heavy atom. The summed E-state index contributed by atoms with van der Waals surface area (Å²) in [5, 5.41) is 11.3. The van der Waals surface area contributed by atoms with E-state index in [9.17, 15) is 4.79 Å². The molecule has 1 N–H and O–H groups in total. The van der Waals surface area contributed by atoms with E-state index in [4.69, 9.17) is 0 Å². The molecule has 1 aromatic carbocycles. The summed E-state index contributed by atoms with van der Waals surface area (Å²) in [4.78, 5) is 12.1. The molecule has 3 rings (SSSR count). The van der Waals surface area contributed by atoms with Crippen LogP contribution in [0.15, 0.2) is 48.8 Å². The number of benzene rings is 1. The first kappa shape index (κ1) is 14.1. The Labute approximate surface area is 128 Å². The maximum Gasteiger partial charge on any atom is 0.247 e. The summed E-state index contributed by atoms with van der Waals surface area (Å²) in [6.07, 6.45) is 3.63. The first-order valence-corrected chi connectivity index (χ1v) is 7.00. The molecule has 2 aromatic heterocycles. The van der Waals surface area contributed by atoms with Crippen molar-refractivity contribution < 1.29 is 4.79 Å². The molecular formula is C16H17N5O. The molecule has 3 aromatic rings. The van der Waals surface area contributed by atoms with E-state index in [1.807, 2.05) is 49.5 Å². The lowest BCUT2D eigenvalue weighted by atomic mass is 10.1. The lowest BCUT2D eigenvalue weighted by Crippen LogP contribution is -2.20. The minimum absolute atomic E-state index is 0.134. The number of rotatable bonds is 4. The van der Waals surface area contributed by atoms with Gasteiger partial charge in [0.1, 0.15) is 12.4 Å². The lowest BCUT2D eigenvalue weighted by Gasteiger charge is -2.05. The average Bonchev–Trinajstić information content (AvgIpc) is 3.07. The molecule has 0 atom stereocenters. The molecule has 0 saturated heterocycles. The molecule has 0 aliphatic carbocycles. The zero-order valence-electron chi connectivity index (χ0n) is 12.5. The van der Waals surface area contributed by atoms with Gasteiger partial charge in [-0.1, -0.05) is 30.3 Å². The summed E-state index contributed by atoms with van der Waals surface area (Å²) in [5.41, 5.74) is 2.93. The van der Waals surface area contributed by atoms with Crippen molar-refractivity contribution in [2.45, 2.75) is 13.5 Å². The number of nitrogens with one attached hydrogen (secondary N) is 1. The van der Waals surface area contributed by atoms with Crippen molar-refractivity contribution in [1.29, 1.82) is 0 Å². The van der Waals surface area contributed by atoms with Crippen molar-refractivity contribution in [3.8, 4) is 11.1 Å². The fourth-order valence-electron chi connectivity index (χ4n) is 2.29. The second-order valence-electron chi connectivity index (χ2n) is 5.14. The Kier molecular flexibility index (Phi) is 3.74. The number of anilines is 1. The summed E-state index contributed by atoms with van der Waals surface area (Å²) < 4.78 is 3.27. The molecule has 6 nitrogen and oxygen atoms in total. The molecule has 2 heterocycles. The van der Waals surface area contributed by atoms with Crippen LogP contribution in [0.1, 0.15) is 5.69 Å². The summed E-state index contributed by atoms with van der Waals surface area (Å²) in [5.74, 6) is 0.545. The van der Waals surface area contributed by atoms with Crippen molar-refractivity contribution >= 4 is 11.7 Å². The Morgan fingerprint density at radius 2 is 2.00 bits per heavy atom. The molecule has 0 unspecified atom stereocenters. The highest BCUT2D eigenvalue weighted by Gasteiger charge is 2.09. The number of hydrogen-bond donors (Lipinski definition) is 1. The second kappa shape index (κ2) is 5.85. The predicted molar refractivity (Wildman–Crippen MR) is 84.2 cm³/mol. The second-order valence-corrected chi connectivity index (χ2v) is 5.14. The Balaban J connectivity index is 1.67. The van der Waals surface area contributed by atoms with E-state index in [1.165, 1.54) is 0 Å². The summed E-state index contributed by atoms with van der Waals surface area (Å²) in [6, 6.07) is 11.8. The number of nitrogens with zero attached hydrogens (tertiary/aromatic N) is 4. The molecule has 0 fully saturated rings. The predicted octanol–water partition coefficient (Wildman–Crippen LogP) is 2.23. The van der Waals surface area contributed by atoms with Gasteiger partial charge in [0.15, 0.2) is 0 Å². The van der Waals surface area contributed by atoms with Gasteiger partial charge < -0.3 is 5.32 Å². The van der Waals surface area contributed by atoms with Crippen LogP contribution < -0.4 is 5.32 Å². The molecule has 0 spiro atoms. The Bertz CT molecular complexity index is 788. The molecule has 6 heteroatoms. The van der Waals surface area contributed by atoms with Crippen molar-refractivity contribution in [2.24, 2.45) is 7.05 Å². The topological polar surface area (TPSA) is 64.7 Å². The zero-order chi connectivity index (χ0) is 15.5. The SMILES string of the molecule is Cc1cc(NC(=O)Cn2cc(-c3ccccc3)cn2)n(C)n1. The van der Waals surface area contributed by atoms with Crippen molar-refractivity contribution in [2.75, 3.05) is 5.32 Å². The van der Waals surface area contributed by atoms with Crippen LogP contribution in [0.5, 0.6) is 0 Å². The molecule has 22 heavy (non-hydrogen) atoms. The molecule has 1 amide bonds. The monoisotopic (exact) mass is 295 g/mol. The van der Waals surface area contributed by atoms with E-state index >= 15 is 0 Å². The number of aryl methyl sites for hydroxylation is 2. The maximum absolute atomic E-state index is 12.1. The average molecular weight is 295 g/mol. The van der Waals surface area contributed by atoms with Crippen LogP contribution in [-0.4, -0.2) is 25.5 Å². The van der Waals surface area contributed by atoms with Gasteiger partial charge in [-0.25, -0.2) is 0 Å². The Morgan fingerprint density at radius 3 is 2.68 bits per heavy atom. The number of amides is 1. The summed E-state index contributed by atoms with van der Waals surface area (Å²) >= 11 is 0. The van der Waals surface area contributed by atoms with Crippen LogP contribution in [0, 0.1) is 6.92 Å². The largest absolute Gasteiger partial charge is 0.309 e. The number of hydrogen-bond acceptors (Lipinski definition) is 3. The minimum Gasteiger partial charge on any atom is -0.309 e. The van der Waals surface area contributed by atoms with Crippen molar-refractivity contribution in [3.05, 3.63) is 54.5 Å². The Hall–Kier alpha value is -2.89. The van der Waals surface area contributed by atoms with Crippen LogP contribution in [0.4, 0.5) is 5.82 Å². The van der Waals surface area contributed by atoms with Gasteiger partial charge in [-0.15, -0.1) is 0 Å². The van der Waals surface area contributed by atoms with E-state index in [1.54, 1.807) is 22.6 Å². The minimum atomic E-state index is -0.134. The molecule has 0 aliphatic heterocycles. The molecule has 112 valence electrons. The van der Waals surface area contributed by atoms with Crippen molar-refractivity contribution in [3.63, 3.8) is 0 Å². The van der Waals surface area contributed by atoms with Crippen molar-refractivity contribution in [1.82, 2.24) is 19.6 Å². The highest BCUT2D eigenvalue weighted by molar-refractivity contribution is 5.89. The van der Waals surface area contributed by atoms with Gasteiger partial charge in [0, 0.05) is 24.9 Å². The van der Waals surface area contributed by atoms with Crippen LogP contribution in [0.3, 0.4) is 0 Å².